The van der Waals surface area contributed by atoms with Crippen LogP contribution in [0.25, 0.3) is 0 Å². The molecule has 0 amide bonds. The molecule has 1 spiro atoms. The van der Waals surface area contributed by atoms with Crippen molar-refractivity contribution in [1.29, 1.82) is 0 Å². The highest BCUT2D eigenvalue weighted by Crippen LogP contribution is 2.69. The largest absolute Gasteiger partial charge is 0.461 e. The van der Waals surface area contributed by atoms with Gasteiger partial charge in [-0.25, -0.2) is 0 Å². The molecule has 1 saturated heterocycles. The van der Waals surface area contributed by atoms with Gasteiger partial charge in [-0.15, -0.1) is 0 Å². The van der Waals surface area contributed by atoms with Gasteiger partial charge in [-0.2, -0.15) is 0 Å². The van der Waals surface area contributed by atoms with Gasteiger partial charge in [0, 0.05) is 5.82 Å². The fourth-order valence-corrected chi connectivity index (χ4v) is 4.45. The molecule has 3 rings (SSSR count). The molecule has 1 heterocycles. The average Bonchev–Trinajstić information content (AvgIpc) is 2.94. The molecule has 3 heteroatoms. The summed E-state index contributed by atoms with van der Waals surface area (Å²) >= 11 is 0. The standard InChI is InChI=1S/C18H33BO2/c1-15(2,3)13-8-10-18(11-9-13)12-14(18)19-20-16(4,5)17(6,7)21-19/h13-14H,8-12H2,1-7H3. The molecule has 21 heavy (non-hydrogen) atoms. The second-order valence-electron chi connectivity index (χ2n) is 9.94. The van der Waals surface area contributed by atoms with E-state index in [1.54, 1.807) is 0 Å². The van der Waals surface area contributed by atoms with Crippen LogP contribution in [0, 0.1) is 16.7 Å². The third-order valence-corrected chi connectivity index (χ3v) is 7.06. The van der Waals surface area contributed by atoms with Gasteiger partial charge in [0.1, 0.15) is 0 Å². The molecule has 1 atom stereocenters. The summed E-state index contributed by atoms with van der Waals surface area (Å²) in [6.07, 6.45) is 6.85. The predicted octanol–water partition coefficient (Wildman–Crippen LogP) is 5.08. The minimum absolute atomic E-state index is 0.0289. The first-order valence-electron chi connectivity index (χ1n) is 8.83. The lowest BCUT2D eigenvalue weighted by atomic mass is 9.65. The molecule has 0 N–H and O–H groups in total. The minimum Gasteiger partial charge on any atom is -0.403 e. The van der Waals surface area contributed by atoms with E-state index in [2.05, 4.69) is 48.5 Å². The molecule has 1 unspecified atom stereocenters. The van der Waals surface area contributed by atoms with Crippen LogP contribution >= 0.6 is 0 Å². The third-order valence-electron chi connectivity index (χ3n) is 7.06. The summed E-state index contributed by atoms with van der Waals surface area (Å²) < 4.78 is 12.6. The first kappa shape index (κ1) is 15.9. The fraction of sp³-hybridized carbons (Fsp3) is 1.00. The molecule has 0 aromatic carbocycles. The van der Waals surface area contributed by atoms with Crippen molar-refractivity contribution in [1.82, 2.24) is 0 Å². The zero-order valence-electron chi connectivity index (χ0n) is 15.1. The Labute approximate surface area is 131 Å². The van der Waals surface area contributed by atoms with Crippen LogP contribution in [-0.4, -0.2) is 18.3 Å². The summed E-state index contributed by atoms with van der Waals surface area (Å²) in [4.78, 5) is 0. The molecule has 2 aliphatic carbocycles. The number of hydrogen-bond donors (Lipinski definition) is 0. The fourth-order valence-electron chi connectivity index (χ4n) is 4.45. The maximum atomic E-state index is 6.29. The Hall–Kier alpha value is -0.0151. The van der Waals surface area contributed by atoms with Gasteiger partial charge in [0.15, 0.2) is 0 Å². The van der Waals surface area contributed by atoms with Gasteiger partial charge in [-0.1, -0.05) is 20.8 Å². The Morgan fingerprint density at radius 2 is 1.38 bits per heavy atom. The van der Waals surface area contributed by atoms with Gasteiger partial charge in [0.05, 0.1) is 11.2 Å². The maximum Gasteiger partial charge on any atom is 0.461 e. The molecular weight excluding hydrogens is 259 g/mol. The average molecular weight is 292 g/mol. The summed E-state index contributed by atoms with van der Waals surface area (Å²) in [6.45, 7) is 15.9. The molecule has 0 aromatic heterocycles. The van der Waals surface area contributed by atoms with Crippen LogP contribution in [0.1, 0.15) is 80.6 Å². The van der Waals surface area contributed by atoms with E-state index in [0.717, 1.165) is 5.92 Å². The second kappa shape index (κ2) is 4.51. The summed E-state index contributed by atoms with van der Waals surface area (Å²) in [5, 5.41) is 0. The van der Waals surface area contributed by atoms with E-state index in [9.17, 15) is 0 Å². The van der Waals surface area contributed by atoms with Crippen molar-refractivity contribution in [3.63, 3.8) is 0 Å². The Balaban J connectivity index is 1.61. The number of hydrogen-bond acceptors (Lipinski definition) is 2. The lowest BCUT2D eigenvalue weighted by Crippen LogP contribution is -2.41. The SMILES string of the molecule is CC(C)(C)C1CCC2(CC1)CC2B1OC(C)(C)C(C)(C)O1. The lowest BCUT2D eigenvalue weighted by molar-refractivity contribution is 0.00578. The predicted molar refractivity (Wildman–Crippen MR) is 88.3 cm³/mol. The lowest BCUT2D eigenvalue weighted by Gasteiger charge is -2.38. The second-order valence-corrected chi connectivity index (χ2v) is 9.94. The van der Waals surface area contributed by atoms with E-state index in [-0.39, 0.29) is 18.3 Å². The van der Waals surface area contributed by atoms with Gasteiger partial charge in [-0.3, -0.25) is 0 Å². The Morgan fingerprint density at radius 1 is 0.905 bits per heavy atom. The molecule has 3 aliphatic rings. The van der Waals surface area contributed by atoms with E-state index in [4.69, 9.17) is 9.31 Å². The molecule has 3 fully saturated rings. The van der Waals surface area contributed by atoms with E-state index in [1.165, 1.54) is 32.1 Å². The smallest absolute Gasteiger partial charge is 0.403 e. The van der Waals surface area contributed by atoms with Crippen LogP contribution in [0.5, 0.6) is 0 Å². The molecule has 120 valence electrons. The van der Waals surface area contributed by atoms with Crippen molar-refractivity contribution in [2.75, 3.05) is 0 Å². The summed E-state index contributed by atoms with van der Waals surface area (Å²) in [7, 11) is 0.0289. The summed E-state index contributed by atoms with van der Waals surface area (Å²) in [6, 6.07) is 0. The van der Waals surface area contributed by atoms with Crippen molar-refractivity contribution in [3.8, 4) is 0 Å². The van der Waals surface area contributed by atoms with Crippen LogP contribution in [0.4, 0.5) is 0 Å². The van der Waals surface area contributed by atoms with Gasteiger partial charge >= 0.3 is 7.12 Å². The van der Waals surface area contributed by atoms with Crippen molar-refractivity contribution in [2.24, 2.45) is 16.7 Å². The monoisotopic (exact) mass is 292 g/mol. The van der Waals surface area contributed by atoms with Crippen LogP contribution in [0.2, 0.25) is 5.82 Å². The molecule has 0 radical (unpaired) electrons. The first-order valence-corrected chi connectivity index (χ1v) is 8.83. The quantitative estimate of drug-likeness (QED) is 0.628. The van der Waals surface area contributed by atoms with Gasteiger partial charge in [0.2, 0.25) is 0 Å². The Kier molecular flexibility index (Phi) is 3.40. The van der Waals surface area contributed by atoms with Gasteiger partial charge in [-0.05, 0) is 76.5 Å². The summed E-state index contributed by atoms with van der Waals surface area (Å²) in [5.41, 5.74) is 0.660. The van der Waals surface area contributed by atoms with E-state index in [0.29, 0.717) is 16.6 Å². The van der Waals surface area contributed by atoms with Crippen LogP contribution in [0.15, 0.2) is 0 Å². The molecular formula is C18H33BO2. The molecule has 0 bridgehead atoms. The van der Waals surface area contributed by atoms with Gasteiger partial charge < -0.3 is 9.31 Å². The van der Waals surface area contributed by atoms with Crippen LogP contribution < -0.4 is 0 Å². The van der Waals surface area contributed by atoms with Crippen molar-refractivity contribution < 1.29 is 9.31 Å². The highest BCUT2D eigenvalue weighted by Gasteiger charge is 2.66. The van der Waals surface area contributed by atoms with E-state index < -0.39 is 0 Å². The van der Waals surface area contributed by atoms with Crippen molar-refractivity contribution in [3.05, 3.63) is 0 Å². The molecule has 0 aromatic rings. The van der Waals surface area contributed by atoms with Crippen molar-refractivity contribution >= 4 is 7.12 Å². The Bertz CT molecular complexity index is 397. The molecule has 1 aliphatic heterocycles. The van der Waals surface area contributed by atoms with Crippen LogP contribution in [0.3, 0.4) is 0 Å². The zero-order valence-corrected chi connectivity index (χ0v) is 15.1. The van der Waals surface area contributed by atoms with Gasteiger partial charge in [0.25, 0.3) is 0 Å². The van der Waals surface area contributed by atoms with E-state index >= 15 is 0 Å². The highest BCUT2D eigenvalue weighted by molar-refractivity contribution is 6.49. The molecule has 2 nitrogen and oxygen atoms in total. The number of rotatable bonds is 1. The first-order chi connectivity index (χ1) is 9.47. The normalized spacial score (nSPS) is 41.6. The third kappa shape index (κ3) is 2.59. The minimum atomic E-state index is -0.177. The molecule has 2 saturated carbocycles. The maximum absolute atomic E-state index is 6.29. The zero-order chi connectivity index (χ0) is 15.7. The Morgan fingerprint density at radius 3 is 1.81 bits per heavy atom. The van der Waals surface area contributed by atoms with Crippen LogP contribution in [-0.2, 0) is 9.31 Å². The summed E-state index contributed by atoms with van der Waals surface area (Å²) in [5.74, 6) is 1.53. The highest BCUT2D eigenvalue weighted by atomic mass is 16.7. The van der Waals surface area contributed by atoms with Crippen molar-refractivity contribution in [2.45, 2.75) is 97.6 Å². The van der Waals surface area contributed by atoms with E-state index in [1.807, 2.05) is 0 Å². The topological polar surface area (TPSA) is 18.5 Å².